The van der Waals surface area contributed by atoms with Gasteiger partial charge in [-0.1, -0.05) is 78.9 Å². The highest BCUT2D eigenvalue weighted by atomic mass is 16.7. The van der Waals surface area contributed by atoms with Crippen molar-refractivity contribution in [3.8, 4) is 0 Å². The van der Waals surface area contributed by atoms with Crippen LogP contribution in [0.4, 0.5) is 0 Å². The molecule has 3 aromatic rings. The Hall–Kier alpha value is -3.07. The summed E-state index contributed by atoms with van der Waals surface area (Å²) in [6.45, 7) is 0.164. The Kier molecular flexibility index (Phi) is 8.41. The van der Waals surface area contributed by atoms with Gasteiger partial charge in [0.15, 0.2) is 6.29 Å². The highest BCUT2D eigenvalue weighted by molar-refractivity contribution is 5.89. The summed E-state index contributed by atoms with van der Waals surface area (Å²) in [5, 5.41) is 21.7. The first kappa shape index (κ1) is 24.1. The number of carbonyl (C=O) groups is 1. The summed E-state index contributed by atoms with van der Waals surface area (Å²) in [5.41, 5.74) is 2.20. The van der Waals surface area contributed by atoms with Crippen LogP contribution in [0, 0.1) is 0 Å². The van der Waals surface area contributed by atoms with Gasteiger partial charge in [-0.3, -0.25) is 0 Å². The predicted octanol–water partition coefficient (Wildman–Crippen LogP) is 3.09. The summed E-state index contributed by atoms with van der Waals surface area (Å²) >= 11 is 0. The monoisotopic (exact) mass is 464 g/mol. The number of rotatable bonds is 9. The summed E-state index contributed by atoms with van der Waals surface area (Å²) in [7, 11) is 0. The number of aliphatic hydroxyl groups is 2. The average molecular weight is 465 g/mol. The number of hydrogen-bond acceptors (Lipinski definition) is 7. The fraction of sp³-hybridized carbons (Fsp3) is 0.296. The Morgan fingerprint density at radius 3 is 1.79 bits per heavy atom. The van der Waals surface area contributed by atoms with Gasteiger partial charge in [-0.25, -0.2) is 4.79 Å². The SMILES string of the molecule is O=C(OCC1OC(O)[C@@H](OCc2ccccc2)[C@@H](OCc2ccccc2)[C@@H]1O)c1ccccc1. The Bertz CT molecular complexity index is 1010. The van der Waals surface area contributed by atoms with Gasteiger partial charge in [0.1, 0.15) is 31.0 Å². The van der Waals surface area contributed by atoms with Crippen molar-refractivity contribution in [1.29, 1.82) is 0 Å². The van der Waals surface area contributed by atoms with Crippen molar-refractivity contribution in [1.82, 2.24) is 0 Å². The maximum Gasteiger partial charge on any atom is 0.338 e. The molecule has 4 rings (SSSR count). The normalized spacial score (nSPS) is 24.5. The van der Waals surface area contributed by atoms with Gasteiger partial charge in [0, 0.05) is 0 Å². The van der Waals surface area contributed by atoms with Gasteiger partial charge >= 0.3 is 5.97 Å². The van der Waals surface area contributed by atoms with E-state index >= 15 is 0 Å². The molecular formula is C27H28O7. The Morgan fingerprint density at radius 2 is 1.24 bits per heavy atom. The molecular weight excluding hydrogens is 436 g/mol. The van der Waals surface area contributed by atoms with Crippen LogP contribution in [-0.4, -0.2) is 53.5 Å². The Balaban J connectivity index is 1.44. The number of hydrogen-bond donors (Lipinski definition) is 2. The molecule has 2 unspecified atom stereocenters. The first-order valence-electron chi connectivity index (χ1n) is 11.2. The first-order chi connectivity index (χ1) is 16.6. The lowest BCUT2D eigenvalue weighted by Crippen LogP contribution is -2.60. The third-order valence-electron chi connectivity index (χ3n) is 5.60. The van der Waals surface area contributed by atoms with Crippen LogP contribution in [0.3, 0.4) is 0 Å². The Labute approximate surface area is 198 Å². The minimum atomic E-state index is -1.38. The third-order valence-corrected chi connectivity index (χ3v) is 5.60. The summed E-state index contributed by atoms with van der Waals surface area (Å²) in [6, 6.07) is 27.5. The van der Waals surface area contributed by atoms with E-state index in [1.165, 1.54) is 0 Å². The molecule has 0 aromatic heterocycles. The second-order valence-electron chi connectivity index (χ2n) is 8.04. The van der Waals surface area contributed by atoms with E-state index in [-0.39, 0.29) is 19.8 Å². The van der Waals surface area contributed by atoms with Crippen LogP contribution in [0.15, 0.2) is 91.0 Å². The molecule has 1 aliphatic heterocycles. The fourth-order valence-corrected chi connectivity index (χ4v) is 3.76. The van der Waals surface area contributed by atoms with E-state index in [0.29, 0.717) is 5.56 Å². The number of carbonyl (C=O) groups excluding carboxylic acids is 1. The molecule has 1 fully saturated rings. The van der Waals surface area contributed by atoms with E-state index in [9.17, 15) is 15.0 Å². The van der Waals surface area contributed by atoms with Crippen LogP contribution >= 0.6 is 0 Å². The van der Waals surface area contributed by atoms with Gasteiger partial charge < -0.3 is 29.2 Å². The quantitative estimate of drug-likeness (QED) is 0.470. The van der Waals surface area contributed by atoms with Gasteiger partial charge in [0.05, 0.1) is 18.8 Å². The van der Waals surface area contributed by atoms with Gasteiger partial charge in [-0.05, 0) is 23.3 Å². The van der Waals surface area contributed by atoms with Gasteiger partial charge in [-0.2, -0.15) is 0 Å². The summed E-state index contributed by atoms with van der Waals surface area (Å²) in [6.07, 6.45) is -5.42. The summed E-state index contributed by atoms with van der Waals surface area (Å²) < 4.78 is 22.9. The highest BCUT2D eigenvalue weighted by Gasteiger charge is 2.46. The third kappa shape index (κ3) is 6.28. The zero-order valence-corrected chi connectivity index (χ0v) is 18.6. The standard InChI is InChI=1S/C27H28O7/c28-23-22(18-33-26(29)21-14-8-3-9-15-21)34-27(30)25(32-17-20-12-6-2-7-13-20)24(23)31-16-19-10-4-1-5-11-19/h1-15,22-25,27-28,30H,16-18H2/t22?,23-,24+,25+,27?/m1/s1. The van der Waals surface area contributed by atoms with Crippen LogP contribution in [0.1, 0.15) is 21.5 Å². The van der Waals surface area contributed by atoms with Crippen LogP contribution in [-0.2, 0) is 32.2 Å². The summed E-state index contributed by atoms with van der Waals surface area (Å²) in [5.74, 6) is -0.546. The van der Waals surface area contributed by atoms with Crippen LogP contribution < -0.4 is 0 Å². The van der Waals surface area contributed by atoms with E-state index in [1.54, 1.807) is 30.3 Å². The van der Waals surface area contributed by atoms with Crippen molar-refractivity contribution in [2.75, 3.05) is 6.61 Å². The van der Waals surface area contributed by atoms with Gasteiger partial charge in [0.25, 0.3) is 0 Å². The van der Waals surface area contributed by atoms with Crippen molar-refractivity contribution in [2.45, 2.75) is 43.9 Å². The van der Waals surface area contributed by atoms with E-state index < -0.39 is 36.7 Å². The predicted molar refractivity (Wildman–Crippen MR) is 124 cm³/mol. The van der Waals surface area contributed by atoms with Gasteiger partial charge in [-0.15, -0.1) is 0 Å². The molecule has 1 saturated heterocycles. The second kappa shape index (κ2) is 11.9. The van der Waals surface area contributed by atoms with E-state index in [4.69, 9.17) is 18.9 Å². The van der Waals surface area contributed by atoms with E-state index in [2.05, 4.69) is 0 Å². The smallest absolute Gasteiger partial charge is 0.338 e. The lowest BCUT2D eigenvalue weighted by Gasteiger charge is -2.42. The molecule has 0 spiro atoms. The minimum absolute atomic E-state index is 0.205. The number of ether oxygens (including phenoxy) is 4. The molecule has 1 aliphatic rings. The van der Waals surface area contributed by atoms with E-state index in [1.807, 2.05) is 60.7 Å². The Morgan fingerprint density at radius 1 is 0.735 bits per heavy atom. The molecule has 2 N–H and O–H groups in total. The number of esters is 1. The van der Waals surface area contributed by atoms with Crippen LogP contribution in [0.25, 0.3) is 0 Å². The van der Waals surface area contributed by atoms with Crippen molar-refractivity contribution >= 4 is 5.97 Å². The lowest BCUT2D eigenvalue weighted by molar-refractivity contribution is -0.307. The fourth-order valence-electron chi connectivity index (χ4n) is 3.76. The molecule has 0 saturated carbocycles. The zero-order chi connectivity index (χ0) is 23.8. The maximum atomic E-state index is 12.3. The highest BCUT2D eigenvalue weighted by Crippen LogP contribution is 2.27. The molecule has 5 atom stereocenters. The van der Waals surface area contributed by atoms with Gasteiger partial charge in [0.2, 0.25) is 0 Å². The molecule has 7 heteroatoms. The molecule has 7 nitrogen and oxygen atoms in total. The average Bonchev–Trinajstić information content (AvgIpc) is 2.89. The maximum absolute atomic E-state index is 12.3. The summed E-state index contributed by atoms with van der Waals surface area (Å²) in [4.78, 5) is 12.3. The molecule has 0 bridgehead atoms. The van der Waals surface area contributed by atoms with Crippen molar-refractivity contribution in [2.24, 2.45) is 0 Å². The van der Waals surface area contributed by atoms with Crippen molar-refractivity contribution in [3.63, 3.8) is 0 Å². The topological polar surface area (TPSA) is 94.5 Å². The first-order valence-corrected chi connectivity index (χ1v) is 11.2. The number of benzene rings is 3. The number of aliphatic hydroxyl groups excluding tert-OH is 2. The molecule has 1 heterocycles. The van der Waals surface area contributed by atoms with Crippen molar-refractivity contribution in [3.05, 3.63) is 108 Å². The lowest BCUT2D eigenvalue weighted by atomic mass is 9.98. The van der Waals surface area contributed by atoms with E-state index in [0.717, 1.165) is 11.1 Å². The van der Waals surface area contributed by atoms with Crippen molar-refractivity contribution < 1.29 is 34.0 Å². The molecule has 0 amide bonds. The molecule has 178 valence electrons. The zero-order valence-electron chi connectivity index (χ0n) is 18.6. The largest absolute Gasteiger partial charge is 0.459 e. The molecule has 34 heavy (non-hydrogen) atoms. The molecule has 0 aliphatic carbocycles. The van der Waals surface area contributed by atoms with Crippen LogP contribution in [0.5, 0.6) is 0 Å². The molecule has 0 radical (unpaired) electrons. The van der Waals surface area contributed by atoms with Crippen LogP contribution in [0.2, 0.25) is 0 Å². The molecule has 3 aromatic carbocycles. The second-order valence-corrected chi connectivity index (χ2v) is 8.04. The minimum Gasteiger partial charge on any atom is -0.459 e.